The van der Waals surface area contributed by atoms with Gasteiger partial charge in [-0.25, -0.2) is 0 Å². The molecule has 6 heteroatoms. The predicted octanol–water partition coefficient (Wildman–Crippen LogP) is 1.47. The summed E-state index contributed by atoms with van der Waals surface area (Å²) in [5.74, 6) is 0. The van der Waals surface area contributed by atoms with Crippen molar-refractivity contribution in [3.63, 3.8) is 0 Å². The van der Waals surface area contributed by atoms with Crippen LogP contribution in [0.2, 0.25) is 0 Å². The molecule has 0 fully saturated rings. The van der Waals surface area contributed by atoms with Crippen LogP contribution in [0.15, 0.2) is 18.3 Å². The highest BCUT2D eigenvalue weighted by Gasteiger charge is 2.31. The summed E-state index contributed by atoms with van der Waals surface area (Å²) in [5.41, 5.74) is -0.129. The molecule has 64 valence electrons. The molecule has 12 heavy (non-hydrogen) atoms. The van der Waals surface area contributed by atoms with Crippen molar-refractivity contribution < 1.29 is 13.2 Å². The molecule has 1 aromatic heterocycles. The highest BCUT2D eigenvalue weighted by Crippen LogP contribution is 2.26. The van der Waals surface area contributed by atoms with Gasteiger partial charge in [0.2, 0.25) is 6.10 Å². The Bertz CT molecular complexity index is 258. The van der Waals surface area contributed by atoms with E-state index in [1.807, 2.05) is 0 Å². The van der Waals surface area contributed by atoms with Gasteiger partial charge < -0.3 is 0 Å². The van der Waals surface area contributed by atoms with E-state index in [9.17, 15) is 13.2 Å². The fourth-order valence-corrected chi connectivity index (χ4v) is 1.00. The predicted molar refractivity (Wildman–Crippen MR) is 44.9 cm³/mol. The molecule has 0 aliphatic heterocycles. The maximum absolute atomic E-state index is 11.9. The van der Waals surface area contributed by atoms with E-state index in [1.54, 1.807) is 0 Å². The number of halogens is 4. The smallest absolute Gasteiger partial charge is 0.252 e. The Morgan fingerprint density at radius 2 is 2.00 bits per heavy atom. The highest BCUT2D eigenvalue weighted by atomic mass is 79.9. The van der Waals surface area contributed by atoms with Gasteiger partial charge in [-0.05, 0) is 6.07 Å². The maximum Gasteiger partial charge on any atom is 0.433 e. The van der Waals surface area contributed by atoms with E-state index in [1.165, 1.54) is 12.3 Å². The van der Waals surface area contributed by atoms with E-state index in [2.05, 4.69) is 20.7 Å². The van der Waals surface area contributed by atoms with Gasteiger partial charge in [-0.15, -0.1) is 0 Å². The van der Waals surface area contributed by atoms with Crippen molar-refractivity contribution in [2.45, 2.75) is 6.18 Å². The third-order valence-electron chi connectivity index (χ3n) is 1.27. The van der Waals surface area contributed by atoms with E-state index >= 15 is 0 Å². The number of pyridine rings is 1. The molecule has 0 aliphatic carbocycles. The van der Waals surface area contributed by atoms with Crippen LogP contribution in [0.25, 0.3) is 0 Å². The van der Waals surface area contributed by atoms with Gasteiger partial charge in [0, 0.05) is 6.20 Å². The first kappa shape index (κ1) is 9.57. The molecule has 0 atom stereocenters. The van der Waals surface area contributed by atoms with Crippen LogP contribution < -0.4 is 5.46 Å². The van der Waals surface area contributed by atoms with Crippen LogP contribution in [0.3, 0.4) is 0 Å². The number of aromatic nitrogens is 1. The van der Waals surface area contributed by atoms with Gasteiger partial charge >= 0.3 is 6.18 Å². The van der Waals surface area contributed by atoms with E-state index in [4.69, 9.17) is 0 Å². The Kier molecular flexibility index (Phi) is 2.77. The average molecular weight is 238 g/mol. The summed E-state index contributed by atoms with van der Waals surface area (Å²) in [6.45, 7) is 0. The minimum atomic E-state index is -4.34. The number of hydrogen-bond donors (Lipinski definition) is 0. The van der Waals surface area contributed by atoms with Gasteiger partial charge in [-0.2, -0.15) is 28.9 Å². The third-order valence-corrected chi connectivity index (χ3v) is 1.92. The van der Waals surface area contributed by atoms with Gasteiger partial charge in [0.1, 0.15) is 5.69 Å². The van der Waals surface area contributed by atoms with Crippen molar-refractivity contribution >= 4 is 27.3 Å². The summed E-state index contributed by atoms with van der Waals surface area (Å²) in [4.78, 5) is 3.27. The molecular formula is C6H4BBrF3N. The molecule has 1 nitrogen and oxygen atoms in total. The Balaban J connectivity index is 2.93. The van der Waals surface area contributed by atoms with Gasteiger partial charge in [0.25, 0.3) is 0 Å². The Hall–Kier alpha value is -0.515. The van der Waals surface area contributed by atoms with Crippen LogP contribution in [0.1, 0.15) is 5.69 Å². The molecule has 0 radical (unpaired) electrons. The standard InChI is InChI=1S/C6H4BBrF3N/c8-7-4-1-2-5(12-3-4)6(9,10)11/h1-3,7H. The lowest BCUT2D eigenvalue weighted by atomic mass is 9.98. The summed E-state index contributed by atoms with van der Waals surface area (Å²) in [7, 11) is 0. The lowest BCUT2D eigenvalue weighted by Crippen LogP contribution is -2.14. The first-order chi connectivity index (χ1) is 5.54. The van der Waals surface area contributed by atoms with Crippen molar-refractivity contribution in [2.24, 2.45) is 0 Å². The first-order valence-corrected chi connectivity index (χ1v) is 4.24. The van der Waals surface area contributed by atoms with E-state index in [0.717, 1.165) is 11.5 Å². The fourth-order valence-electron chi connectivity index (χ4n) is 0.671. The number of rotatable bonds is 1. The molecule has 0 aromatic carbocycles. The minimum absolute atomic E-state index is 0.512. The summed E-state index contributed by atoms with van der Waals surface area (Å²) >= 11 is 3.11. The zero-order valence-electron chi connectivity index (χ0n) is 5.90. The number of hydrogen-bond acceptors (Lipinski definition) is 1. The zero-order chi connectivity index (χ0) is 9.19. The minimum Gasteiger partial charge on any atom is -0.252 e. The van der Waals surface area contributed by atoms with E-state index in [0.29, 0.717) is 6.10 Å². The number of alkyl halides is 3. The van der Waals surface area contributed by atoms with Crippen molar-refractivity contribution in [1.29, 1.82) is 0 Å². The Morgan fingerprint density at radius 3 is 2.33 bits per heavy atom. The van der Waals surface area contributed by atoms with Crippen LogP contribution in [0, 0.1) is 0 Å². The second kappa shape index (κ2) is 3.47. The highest BCUT2D eigenvalue weighted by molar-refractivity contribution is 9.23. The van der Waals surface area contributed by atoms with Crippen molar-refractivity contribution in [3.8, 4) is 0 Å². The third kappa shape index (κ3) is 2.23. The topological polar surface area (TPSA) is 12.9 Å². The molecule has 0 bridgehead atoms. The zero-order valence-corrected chi connectivity index (χ0v) is 7.48. The van der Waals surface area contributed by atoms with Crippen LogP contribution in [-0.4, -0.2) is 11.1 Å². The molecule has 0 N–H and O–H groups in total. The van der Waals surface area contributed by atoms with Crippen molar-refractivity contribution in [3.05, 3.63) is 24.0 Å². The van der Waals surface area contributed by atoms with Crippen LogP contribution in [-0.2, 0) is 6.18 Å². The summed E-state index contributed by atoms with van der Waals surface area (Å²) < 4.78 is 35.8. The van der Waals surface area contributed by atoms with Crippen LogP contribution in [0.4, 0.5) is 13.2 Å². The summed E-state index contributed by atoms with van der Waals surface area (Å²) in [6.07, 6.45) is -2.62. The van der Waals surface area contributed by atoms with Crippen molar-refractivity contribution in [1.82, 2.24) is 4.98 Å². The van der Waals surface area contributed by atoms with Crippen LogP contribution >= 0.6 is 15.8 Å². The molecule has 0 unspecified atom stereocenters. The molecule has 0 saturated carbocycles. The van der Waals surface area contributed by atoms with E-state index < -0.39 is 11.9 Å². The van der Waals surface area contributed by atoms with Gasteiger partial charge in [-0.3, -0.25) is 4.98 Å². The first-order valence-electron chi connectivity index (χ1n) is 3.12. The second-order valence-corrected chi connectivity index (χ2v) is 2.74. The lowest BCUT2D eigenvalue weighted by Gasteiger charge is -2.04. The molecule has 1 heterocycles. The van der Waals surface area contributed by atoms with E-state index in [-0.39, 0.29) is 0 Å². The van der Waals surface area contributed by atoms with Gasteiger partial charge in [0.15, 0.2) is 0 Å². The molecule has 0 amide bonds. The maximum atomic E-state index is 11.9. The van der Waals surface area contributed by atoms with Crippen molar-refractivity contribution in [2.75, 3.05) is 0 Å². The quantitative estimate of drug-likeness (QED) is 0.675. The number of nitrogens with zero attached hydrogens (tertiary/aromatic N) is 1. The molecule has 0 spiro atoms. The summed E-state index contributed by atoms with van der Waals surface area (Å²) in [5, 5.41) is 0. The lowest BCUT2D eigenvalue weighted by molar-refractivity contribution is -0.141. The molecule has 0 saturated heterocycles. The molecule has 1 rings (SSSR count). The Labute approximate surface area is 76.2 Å². The largest absolute Gasteiger partial charge is 0.433 e. The molecular weight excluding hydrogens is 234 g/mol. The second-order valence-electron chi connectivity index (χ2n) is 2.18. The van der Waals surface area contributed by atoms with Gasteiger partial charge in [-0.1, -0.05) is 11.5 Å². The normalized spacial score (nSPS) is 11.3. The molecule has 1 aromatic rings. The molecule has 0 aliphatic rings. The van der Waals surface area contributed by atoms with Crippen LogP contribution in [0.5, 0.6) is 0 Å². The average Bonchev–Trinajstić information content (AvgIpc) is 2.03. The van der Waals surface area contributed by atoms with Gasteiger partial charge in [0.05, 0.1) is 0 Å². The monoisotopic (exact) mass is 237 g/mol. The SMILES string of the molecule is FC(F)(F)c1ccc(BBr)cn1. The summed E-state index contributed by atoms with van der Waals surface area (Å²) in [6, 6.07) is 2.36. The Morgan fingerprint density at radius 1 is 1.33 bits per heavy atom. The fraction of sp³-hybridized carbons (Fsp3) is 0.167.